The Kier molecular flexibility index (Phi) is 3.60. The number of pyridine rings is 1. The lowest BCUT2D eigenvalue weighted by Gasteiger charge is -2.16. The van der Waals surface area contributed by atoms with Crippen LogP contribution >= 0.6 is 0 Å². The summed E-state index contributed by atoms with van der Waals surface area (Å²) in [6.07, 6.45) is 3.15. The molecule has 1 aromatic carbocycles. The van der Waals surface area contributed by atoms with Gasteiger partial charge in [-0.2, -0.15) is 0 Å². The van der Waals surface area contributed by atoms with Gasteiger partial charge in [0.1, 0.15) is 5.69 Å². The minimum Gasteiger partial charge on any atom is -0.393 e. The van der Waals surface area contributed by atoms with Crippen LogP contribution in [0.3, 0.4) is 0 Å². The highest BCUT2D eigenvalue weighted by Crippen LogP contribution is 2.23. The quantitative estimate of drug-likeness (QED) is 0.521. The standard InChI is InChI=1S/C13H12N4O3/c1-16(10-3-2-6-15-8-10)13(18)9-4-5-12(17(19)20)11(14)7-9/h2-8H,14H2,1H3. The van der Waals surface area contributed by atoms with Crippen LogP contribution in [0.1, 0.15) is 10.4 Å². The van der Waals surface area contributed by atoms with Crippen LogP contribution in [0, 0.1) is 10.1 Å². The maximum Gasteiger partial charge on any atom is 0.292 e. The maximum atomic E-state index is 12.3. The summed E-state index contributed by atoms with van der Waals surface area (Å²) in [5, 5.41) is 10.7. The van der Waals surface area contributed by atoms with Gasteiger partial charge in [-0.15, -0.1) is 0 Å². The fraction of sp³-hybridized carbons (Fsp3) is 0.0769. The highest BCUT2D eigenvalue weighted by molar-refractivity contribution is 6.06. The van der Waals surface area contributed by atoms with Crippen molar-refractivity contribution in [3.63, 3.8) is 0 Å². The van der Waals surface area contributed by atoms with Crippen LogP contribution in [0.4, 0.5) is 17.1 Å². The Balaban J connectivity index is 2.30. The molecule has 1 heterocycles. The summed E-state index contributed by atoms with van der Waals surface area (Å²) in [5.74, 6) is -0.320. The van der Waals surface area contributed by atoms with Crippen LogP contribution in [0.2, 0.25) is 0 Å². The summed E-state index contributed by atoms with van der Waals surface area (Å²) in [7, 11) is 1.59. The average Bonchev–Trinajstić information content (AvgIpc) is 2.46. The first-order valence-corrected chi connectivity index (χ1v) is 5.72. The highest BCUT2D eigenvalue weighted by atomic mass is 16.6. The van der Waals surface area contributed by atoms with Crippen molar-refractivity contribution in [2.75, 3.05) is 17.7 Å². The van der Waals surface area contributed by atoms with Gasteiger partial charge in [0, 0.05) is 24.9 Å². The number of amides is 1. The van der Waals surface area contributed by atoms with Gasteiger partial charge >= 0.3 is 0 Å². The van der Waals surface area contributed by atoms with E-state index in [0.717, 1.165) is 0 Å². The van der Waals surface area contributed by atoms with E-state index in [9.17, 15) is 14.9 Å². The zero-order chi connectivity index (χ0) is 14.7. The first-order chi connectivity index (χ1) is 9.50. The molecule has 1 amide bonds. The third-order valence-electron chi connectivity index (χ3n) is 2.81. The molecule has 0 aliphatic rings. The van der Waals surface area contributed by atoms with Crippen LogP contribution in [0.15, 0.2) is 42.7 Å². The monoisotopic (exact) mass is 272 g/mol. The second-order valence-corrected chi connectivity index (χ2v) is 4.11. The molecule has 7 heteroatoms. The van der Waals surface area contributed by atoms with E-state index >= 15 is 0 Å². The molecule has 0 unspecified atom stereocenters. The van der Waals surface area contributed by atoms with Gasteiger partial charge < -0.3 is 10.6 Å². The summed E-state index contributed by atoms with van der Waals surface area (Å²) >= 11 is 0. The van der Waals surface area contributed by atoms with Gasteiger partial charge in [0.05, 0.1) is 16.8 Å². The third-order valence-corrected chi connectivity index (χ3v) is 2.81. The number of anilines is 2. The lowest BCUT2D eigenvalue weighted by molar-refractivity contribution is -0.383. The third kappa shape index (κ3) is 2.56. The molecule has 2 rings (SSSR count). The smallest absolute Gasteiger partial charge is 0.292 e. The molecule has 0 saturated heterocycles. The van der Waals surface area contributed by atoms with Crippen molar-refractivity contribution in [3.8, 4) is 0 Å². The number of benzene rings is 1. The molecule has 0 atom stereocenters. The zero-order valence-corrected chi connectivity index (χ0v) is 10.7. The van der Waals surface area contributed by atoms with Crippen molar-refractivity contribution in [1.29, 1.82) is 0 Å². The number of nitro benzene ring substituents is 1. The molecular formula is C13H12N4O3. The Hall–Kier alpha value is -2.96. The van der Waals surface area contributed by atoms with Crippen molar-refractivity contribution in [2.24, 2.45) is 0 Å². The molecule has 0 aliphatic carbocycles. The number of rotatable bonds is 3. The molecule has 0 bridgehead atoms. The molecule has 2 N–H and O–H groups in total. The van der Waals surface area contributed by atoms with Crippen LogP contribution in [-0.2, 0) is 0 Å². The Morgan fingerprint density at radius 1 is 1.40 bits per heavy atom. The molecule has 0 saturated carbocycles. The van der Waals surface area contributed by atoms with Gasteiger partial charge in [-0.3, -0.25) is 19.9 Å². The molecule has 0 radical (unpaired) electrons. The Morgan fingerprint density at radius 2 is 2.15 bits per heavy atom. The summed E-state index contributed by atoms with van der Waals surface area (Å²) in [6, 6.07) is 7.35. The predicted molar refractivity (Wildman–Crippen MR) is 74.5 cm³/mol. The van der Waals surface area contributed by atoms with E-state index in [-0.39, 0.29) is 22.8 Å². The molecule has 20 heavy (non-hydrogen) atoms. The Bertz CT molecular complexity index is 658. The average molecular weight is 272 g/mol. The van der Waals surface area contributed by atoms with Crippen molar-refractivity contribution < 1.29 is 9.72 Å². The number of hydrogen-bond donors (Lipinski definition) is 1. The fourth-order valence-electron chi connectivity index (χ4n) is 1.72. The summed E-state index contributed by atoms with van der Waals surface area (Å²) in [6.45, 7) is 0. The van der Waals surface area contributed by atoms with Crippen LogP contribution in [0.25, 0.3) is 0 Å². The normalized spacial score (nSPS) is 10.1. The van der Waals surface area contributed by atoms with E-state index in [0.29, 0.717) is 5.69 Å². The van der Waals surface area contributed by atoms with Gasteiger partial charge in [-0.1, -0.05) is 0 Å². The predicted octanol–water partition coefficient (Wildman–Crippen LogP) is 1.85. The number of carbonyl (C=O) groups is 1. The number of carbonyl (C=O) groups excluding carboxylic acids is 1. The van der Waals surface area contributed by atoms with Gasteiger partial charge in [0.2, 0.25) is 0 Å². The Morgan fingerprint density at radius 3 is 2.70 bits per heavy atom. The number of nitrogen functional groups attached to an aromatic ring is 1. The lowest BCUT2D eigenvalue weighted by Crippen LogP contribution is -2.26. The van der Waals surface area contributed by atoms with Gasteiger partial charge in [0.15, 0.2) is 0 Å². The van der Waals surface area contributed by atoms with Crippen LogP contribution < -0.4 is 10.6 Å². The minimum atomic E-state index is -0.589. The second-order valence-electron chi connectivity index (χ2n) is 4.11. The molecule has 0 aliphatic heterocycles. The molecule has 1 aromatic heterocycles. The molecule has 0 fully saturated rings. The number of aromatic nitrogens is 1. The van der Waals surface area contributed by atoms with Crippen molar-refractivity contribution in [2.45, 2.75) is 0 Å². The fourth-order valence-corrected chi connectivity index (χ4v) is 1.72. The van der Waals surface area contributed by atoms with E-state index in [1.54, 1.807) is 31.6 Å². The highest BCUT2D eigenvalue weighted by Gasteiger charge is 2.18. The maximum absolute atomic E-state index is 12.3. The van der Waals surface area contributed by atoms with E-state index in [4.69, 9.17) is 5.73 Å². The molecule has 7 nitrogen and oxygen atoms in total. The van der Waals surface area contributed by atoms with E-state index in [1.165, 1.54) is 23.1 Å². The topological polar surface area (TPSA) is 102 Å². The summed E-state index contributed by atoms with van der Waals surface area (Å²) in [4.78, 5) is 27.7. The van der Waals surface area contributed by atoms with Gasteiger partial charge in [-0.05, 0) is 24.3 Å². The largest absolute Gasteiger partial charge is 0.393 e. The lowest BCUT2D eigenvalue weighted by atomic mass is 10.1. The van der Waals surface area contributed by atoms with Crippen molar-refractivity contribution in [3.05, 3.63) is 58.4 Å². The number of nitrogens with two attached hydrogens (primary N) is 1. The molecule has 2 aromatic rings. The van der Waals surface area contributed by atoms with Crippen molar-refractivity contribution in [1.82, 2.24) is 4.98 Å². The number of hydrogen-bond acceptors (Lipinski definition) is 5. The number of nitrogens with zero attached hydrogens (tertiary/aromatic N) is 3. The summed E-state index contributed by atoms with van der Waals surface area (Å²) < 4.78 is 0. The van der Waals surface area contributed by atoms with Crippen LogP contribution in [-0.4, -0.2) is 22.9 Å². The molecular weight excluding hydrogens is 260 g/mol. The van der Waals surface area contributed by atoms with Crippen molar-refractivity contribution >= 4 is 23.0 Å². The minimum absolute atomic E-state index is 0.0413. The van der Waals surface area contributed by atoms with Gasteiger partial charge in [-0.25, -0.2) is 0 Å². The van der Waals surface area contributed by atoms with Gasteiger partial charge in [0.25, 0.3) is 11.6 Å². The molecule has 0 spiro atoms. The Labute approximate surface area is 114 Å². The number of nitro groups is 1. The first kappa shape index (κ1) is 13.5. The van der Waals surface area contributed by atoms with E-state index in [1.807, 2.05) is 0 Å². The zero-order valence-electron chi connectivity index (χ0n) is 10.7. The summed E-state index contributed by atoms with van der Waals surface area (Å²) in [5.41, 5.74) is 6.21. The first-order valence-electron chi connectivity index (χ1n) is 5.72. The van der Waals surface area contributed by atoms with E-state index in [2.05, 4.69) is 4.98 Å². The van der Waals surface area contributed by atoms with E-state index < -0.39 is 4.92 Å². The SMILES string of the molecule is CN(C(=O)c1ccc([N+](=O)[O-])c(N)c1)c1cccnc1. The molecule has 102 valence electrons. The van der Waals surface area contributed by atoms with Crippen LogP contribution in [0.5, 0.6) is 0 Å². The second kappa shape index (κ2) is 5.35.